The highest BCUT2D eigenvalue weighted by molar-refractivity contribution is 6.30. The predicted octanol–water partition coefficient (Wildman–Crippen LogP) is 4.13. The molecule has 1 fully saturated rings. The molecule has 7 heteroatoms. The van der Waals surface area contributed by atoms with Crippen molar-refractivity contribution in [3.63, 3.8) is 0 Å². The topological polar surface area (TPSA) is 67.4 Å². The molecule has 1 amide bonds. The maximum absolute atomic E-state index is 13.1. The lowest BCUT2D eigenvalue weighted by Gasteiger charge is -2.32. The van der Waals surface area contributed by atoms with Crippen molar-refractivity contribution in [2.24, 2.45) is 5.92 Å². The van der Waals surface area contributed by atoms with E-state index in [4.69, 9.17) is 16.3 Å². The molecule has 0 aliphatic carbocycles. The average Bonchev–Trinajstić information content (AvgIpc) is 2.85. The number of piperidine rings is 1. The van der Waals surface area contributed by atoms with Crippen LogP contribution in [0.5, 0.6) is 5.88 Å². The van der Waals surface area contributed by atoms with Gasteiger partial charge in [-0.15, -0.1) is 0 Å². The van der Waals surface area contributed by atoms with Crippen LogP contribution >= 0.6 is 11.6 Å². The van der Waals surface area contributed by atoms with Gasteiger partial charge < -0.3 is 10.1 Å². The summed E-state index contributed by atoms with van der Waals surface area (Å²) in [7, 11) is 0. The molecule has 32 heavy (non-hydrogen) atoms. The molecule has 4 rings (SSSR count). The zero-order valence-corrected chi connectivity index (χ0v) is 18.6. The van der Waals surface area contributed by atoms with Gasteiger partial charge in [-0.25, -0.2) is 4.98 Å². The Kier molecular flexibility index (Phi) is 7.69. The van der Waals surface area contributed by atoms with Crippen LogP contribution in [0.1, 0.15) is 30.1 Å². The summed E-state index contributed by atoms with van der Waals surface area (Å²) in [5.74, 6) is 0.700. The fourth-order valence-electron chi connectivity index (χ4n) is 3.92. The first kappa shape index (κ1) is 22.2. The lowest BCUT2D eigenvalue weighted by Crippen LogP contribution is -2.43. The zero-order valence-electron chi connectivity index (χ0n) is 17.9. The van der Waals surface area contributed by atoms with Gasteiger partial charge in [-0.05, 0) is 61.8 Å². The highest BCUT2D eigenvalue weighted by Crippen LogP contribution is 2.24. The van der Waals surface area contributed by atoms with E-state index in [9.17, 15) is 4.79 Å². The first-order chi connectivity index (χ1) is 15.7. The van der Waals surface area contributed by atoms with Gasteiger partial charge in [-0.1, -0.05) is 35.9 Å². The Morgan fingerprint density at radius 1 is 1.03 bits per heavy atom. The molecule has 0 saturated carbocycles. The lowest BCUT2D eigenvalue weighted by atomic mass is 9.94. The number of amides is 1. The number of benzene rings is 1. The number of hydrogen-bond donors (Lipinski definition) is 1. The van der Waals surface area contributed by atoms with Crippen LogP contribution in [0.25, 0.3) is 0 Å². The Balaban J connectivity index is 1.31. The standard InChI is InChI=1S/C25H27ClN4O2/c26-21-9-7-19(8-10-21)24(22-5-1-3-13-27-22)29-25(31)20-11-15-30(16-12-20)17-18-32-23-6-2-4-14-28-23/h1-10,13-14,20,24H,11-12,15-18H2,(H,29,31)/t24-/m1/s1. The van der Waals surface area contributed by atoms with Gasteiger partial charge in [0.05, 0.1) is 11.7 Å². The molecular formula is C25H27ClN4O2. The van der Waals surface area contributed by atoms with Gasteiger partial charge in [0.25, 0.3) is 0 Å². The van der Waals surface area contributed by atoms with Crippen LogP contribution in [0.2, 0.25) is 5.02 Å². The number of hydrogen-bond acceptors (Lipinski definition) is 5. The molecule has 0 unspecified atom stereocenters. The monoisotopic (exact) mass is 450 g/mol. The van der Waals surface area contributed by atoms with Crippen LogP contribution in [0.4, 0.5) is 0 Å². The minimum Gasteiger partial charge on any atom is -0.476 e. The fraction of sp³-hybridized carbons (Fsp3) is 0.320. The molecule has 1 aliphatic heterocycles. The molecule has 1 saturated heterocycles. The second kappa shape index (κ2) is 11.1. The Labute approximate surface area is 193 Å². The van der Waals surface area contributed by atoms with Crippen molar-refractivity contribution < 1.29 is 9.53 Å². The van der Waals surface area contributed by atoms with E-state index in [0.29, 0.717) is 17.5 Å². The molecule has 6 nitrogen and oxygen atoms in total. The van der Waals surface area contributed by atoms with Crippen LogP contribution in [0.15, 0.2) is 73.1 Å². The maximum atomic E-state index is 13.1. The molecule has 3 aromatic rings. The van der Waals surface area contributed by atoms with E-state index in [1.807, 2.05) is 60.7 Å². The molecule has 2 aromatic heterocycles. The van der Waals surface area contributed by atoms with Crippen molar-refractivity contribution in [3.8, 4) is 5.88 Å². The van der Waals surface area contributed by atoms with Crippen LogP contribution in [-0.2, 0) is 4.79 Å². The summed E-state index contributed by atoms with van der Waals surface area (Å²) in [6, 6.07) is 18.6. The number of ether oxygens (including phenoxy) is 1. The molecule has 0 radical (unpaired) electrons. The van der Waals surface area contributed by atoms with E-state index in [2.05, 4.69) is 20.2 Å². The van der Waals surface area contributed by atoms with Crippen LogP contribution in [0, 0.1) is 5.92 Å². The van der Waals surface area contributed by atoms with Gasteiger partial charge in [0.1, 0.15) is 6.61 Å². The quantitative estimate of drug-likeness (QED) is 0.559. The zero-order chi connectivity index (χ0) is 22.2. The maximum Gasteiger partial charge on any atom is 0.224 e. The first-order valence-electron chi connectivity index (χ1n) is 10.9. The van der Waals surface area contributed by atoms with Crippen molar-refractivity contribution in [2.75, 3.05) is 26.2 Å². The summed E-state index contributed by atoms with van der Waals surface area (Å²) < 4.78 is 5.69. The molecule has 0 bridgehead atoms. The second-order valence-corrected chi connectivity index (χ2v) is 8.32. The minimum absolute atomic E-state index is 0.0125. The number of pyridine rings is 2. The third-order valence-electron chi connectivity index (χ3n) is 5.73. The van der Waals surface area contributed by atoms with Gasteiger partial charge in [0.15, 0.2) is 0 Å². The highest BCUT2D eigenvalue weighted by Gasteiger charge is 2.27. The molecule has 166 valence electrons. The van der Waals surface area contributed by atoms with Crippen LogP contribution < -0.4 is 10.1 Å². The van der Waals surface area contributed by atoms with Crippen LogP contribution in [-0.4, -0.2) is 47.0 Å². The third-order valence-corrected chi connectivity index (χ3v) is 5.98. The summed E-state index contributed by atoms with van der Waals surface area (Å²) in [5.41, 5.74) is 1.78. The fourth-order valence-corrected chi connectivity index (χ4v) is 4.05. The van der Waals surface area contributed by atoms with Gasteiger partial charge in [-0.2, -0.15) is 0 Å². The number of carbonyl (C=O) groups is 1. The summed E-state index contributed by atoms with van der Waals surface area (Å²) in [6.07, 6.45) is 5.12. The second-order valence-electron chi connectivity index (χ2n) is 7.88. The molecule has 1 atom stereocenters. The third kappa shape index (κ3) is 6.05. The Morgan fingerprint density at radius 3 is 2.41 bits per heavy atom. The van der Waals surface area contributed by atoms with E-state index in [-0.39, 0.29) is 17.9 Å². The Morgan fingerprint density at radius 2 is 1.75 bits per heavy atom. The normalized spacial score (nSPS) is 15.8. The number of aromatic nitrogens is 2. The molecule has 1 aromatic carbocycles. The van der Waals surface area contributed by atoms with E-state index in [1.165, 1.54) is 0 Å². The molecule has 0 spiro atoms. The SMILES string of the molecule is O=C(N[C@H](c1ccc(Cl)cc1)c1ccccn1)C1CCN(CCOc2ccccn2)CC1. The number of nitrogens with one attached hydrogen (secondary N) is 1. The summed E-state index contributed by atoms with van der Waals surface area (Å²) >= 11 is 6.05. The van der Waals surface area contributed by atoms with E-state index >= 15 is 0 Å². The number of rotatable bonds is 8. The van der Waals surface area contributed by atoms with Gasteiger partial charge in [0.2, 0.25) is 11.8 Å². The highest BCUT2D eigenvalue weighted by atomic mass is 35.5. The summed E-state index contributed by atoms with van der Waals surface area (Å²) in [4.78, 5) is 24.1. The Hall–Kier alpha value is -2.96. The number of halogens is 1. The summed E-state index contributed by atoms with van der Waals surface area (Å²) in [5, 5.41) is 3.89. The van der Waals surface area contributed by atoms with Gasteiger partial charge in [-0.3, -0.25) is 14.7 Å². The predicted molar refractivity (Wildman–Crippen MR) is 125 cm³/mol. The van der Waals surface area contributed by atoms with E-state index in [0.717, 1.165) is 43.7 Å². The van der Waals surface area contributed by atoms with Crippen molar-refractivity contribution in [3.05, 3.63) is 89.3 Å². The Bertz CT molecular complexity index is 978. The number of carbonyl (C=O) groups excluding carboxylic acids is 1. The van der Waals surface area contributed by atoms with Gasteiger partial charge >= 0.3 is 0 Å². The van der Waals surface area contributed by atoms with E-state index < -0.39 is 0 Å². The van der Waals surface area contributed by atoms with E-state index in [1.54, 1.807) is 12.4 Å². The smallest absolute Gasteiger partial charge is 0.224 e. The van der Waals surface area contributed by atoms with Crippen molar-refractivity contribution in [2.45, 2.75) is 18.9 Å². The summed E-state index contributed by atoms with van der Waals surface area (Å²) in [6.45, 7) is 3.16. The minimum atomic E-state index is -0.300. The van der Waals surface area contributed by atoms with Crippen molar-refractivity contribution in [1.82, 2.24) is 20.2 Å². The van der Waals surface area contributed by atoms with Crippen molar-refractivity contribution >= 4 is 17.5 Å². The molecular weight excluding hydrogens is 424 g/mol. The first-order valence-corrected chi connectivity index (χ1v) is 11.3. The average molecular weight is 451 g/mol. The van der Waals surface area contributed by atoms with Gasteiger partial charge in [0, 0.05) is 35.9 Å². The molecule has 1 N–H and O–H groups in total. The van der Waals surface area contributed by atoms with Crippen LogP contribution in [0.3, 0.4) is 0 Å². The lowest BCUT2D eigenvalue weighted by molar-refractivity contribution is -0.127. The largest absolute Gasteiger partial charge is 0.476 e. The molecule has 1 aliphatic rings. The van der Waals surface area contributed by atoms with Crippen molar-refractivity contribution in [1.29, 1.82) is 0 Å². The number of nitrogens with zero attached hydrogens (tertiary/aromatic N) is 3. The number of likely N-dealkylation sites (tertiary alicyclic amines) is 1. The molecule has 3 heterocycles.